The second-order valence-electron chi connectivity index (χ2n) is 9.09. The molecule has 2 aliphatic carbocycles. The molecular formula is C24H23F6NO2. The fourth-order valence-electron chi connectivity index (χ4n) is 3.80. The third kappa shape index (κ3) is 5.92. The minimum atomic E-state index is -4.98. The number of ether oxygens (including phenoxy) is 1. The molecule has 1 fully saturated rings. The van der Waals surface area contributed by atoms with E-state index in [9.17, 15) is 31.1 Å². The van der Waals surface area contributed by atoms with Gasteiger partial charge in [-0.05, 0) is 81.5 Å². The van der Waals surface area contributed by atoms with Gasteiger partial charge in [-0.2, -0.15) is 26.3 Å². The van der Waals surface area contributed by atoms with Crippen LogP contribution in [0.2, 0.25) is 0 Å². The second kappa shape index (κ2) is 8.47. The summed E-state index contributed by atoms with van der Waals surface area (Å²) in [6.45, 7) is 6.22. The number of hydrogen-bond acceptors (Lipinski definition) is 2. The summed E-state index contributed by atoms with van der Waals surface area (Å²) in [5.74, 6) is 0. The molecule has 1 amide bonds. The Kier molecular flexibility index (Phi) is 6.35. The van der Waals surface area contributed by atoms with Crippen molar-refractivity contribution in [2.45, 2.75) is 71.1 Å². The first-order valence-electron chi connectivity index (χ1n) is 10.3. The van der Waals surface area contributed by atoms with Crippen LogP contribution in [0.25, 0.3) is 0 Å². The van der Waals surface area contributed by atoms with E-state index >= 15 is 0 Å². The molecule has 0 radical (unpaired) electrons. The number of hydrogen-bond donors (Lipinski definition) is 0. The molecule has 1 atom stereocenters. The number of fused-ring (bicyclic) bond motifs is 1. The van der Waals surface area contributed by atoms with Gasteiger partial charge in [-0.25, -0.2) is 4.79 Å². The van der Waals surface area contributed by atoms with Gasteiger partial charge in [0.25, 0.3) is 0 Å². The highest BCUT2D eigenvalue weighted by molar-refractivity contribution is 5.70. The molecule has 0 aliphatic heterocycles. The Morgan fingerprint density at radius 3 is 2.12 bits per heavy atom. The lowest BCUT2D eigenvalue weighted by Crippen LogP contribution is -2.42. The molecule has 3 nitrogen and oxygen atoms in total. The number of benzene rings is 1. The van der Waals surface area contributed by atoms with Gasteiger partial charge in [0.05, 0.1) is 17.2 Å². The number of nitrogens with zero attached hydrogens (tertiary/aromatic N) is 1. The molecule has 1 saturated carbocycles. The molecule has 0 N–H and O–H groups in total. The fourth-order valence-corrected chi connectivity index (χ4v) is 3.80. The van der Waals surface area contributed by atoms with Crippen molar-refractivity contribution >= 4 is 6.09 Å². The summed E-state index contributed by atoms with van der Waals surface area (Å²) in [6.07, 6.45) is -7.89. The summed E-state index contributed by atoms with van der Waals surface area (Å²) in [6, 6.07) is 0.717. The van der Waals surface area contributed by atoms with Crippen LogP contribution >= 0.6 is 0 Å². The first kappa shape index (κ1) is 24.7. The van der Waals surface area contributed by atoms with Gasteiger partial charge in [-0.3, -0.25) is 4.90 Å². The Hall–Kier alpha value is -2.89. The zero-order valence-electron chi connectivity index (χ0n) is 18.5. The number of allylic oxidation sites excluding steroid dienone is 2. The van der Waals surface area contributed by atoms with Crippen molar-refractivity contribution in [1.82, 2.24) is 4.90 Å². The zero-order valence-corrected chi connectivity index (χ0v) is 18.5. The Balaban J connectivity index is 2.07. The van der Waals surface area contributed by atoms with Crippen LogP contribution in [0.15, 0.2) is 52.5 Å². The van der Waals surface area contributed by atoms with Crippen LogP contribution in [0.1, 0.15) is 57.2 Å². The lowest BCUT2D eigenvalue weighted by Gasteiger charge is -2.32. The van der Waals surface area contributed by atoms with Gasteiger partial charge >= 0.3 is 18.4 Å². The fraction of sp³-hybridized carbons (Fsp3) is 0.458. The second-order valence-corrected chi connectivity index (χ2v) is 9.09. The SMILES string of the molecule is CC1=C=C=C2C(=C1)CCC2N(Cc1cc(C(F)(F)F)cc(C(F)(F)F)c1)C(=O)OC(C)(C)C. The maximum absolute atomic E-state index is 13.3. The number of carbonyl (C=O) groups is 1. The van der Waals surface area contributed by atoms with Crippen molar-refractivity contribution in [3.63, 3.8) is 0 Å². The van der Waals surface area contributed by atoms with Gasteiger partial charge in [0.1, 0.15) is 5.60 Å². The topological polar surface area (TPSA) is 29.5 Å². The third-order valence-corrected chi connectivity index (χ3v) is 5.16. The van der Waals surface area contributed by atoms with E-state index < -0.39 is 47.8 Å². The lowest BCUT2D eigenvalue weighted by molar-refractivity contribution is -0.143. The monoisotopic (exact) mass is 471 g/mol. The van der Waals surface area contributed by atoms with Crippen molar-refractivity contribution < 1.29 is 35.9 Å². The van der Waals surface area contributed by atoms with Crippen molar-refractivity contribution in [1.29, 1.82) is 0 Å². The largest absolute Gasteiger partial charge is 0.444 e. The minimum absolute atomic E-state index is 0.0672. The summed E-state index contributed by atoms with van der Waals surface area (Å²) in [7, 11) is 0. The Morgan fingerprint density at radius 2 is 1.61 bits per heavy atom. The van der Waals surface area contributed by atoms with Crippen LogP contribution in [0, 0.1) is 0 Å². The van der Waals surface area contributed by atoms with Crippen molar-refractivity contribution in [2.75, 3.05) is 0 Å². The average Bonchev–Trinajstić information content (AvgIpc) is 3.05. The van der Waals surface area contributed by atoms with Crippen molar-refractivity contribution in [3.05, 3.63) is 69.1 Å². The molecule has 0 saturated heterocycles. The Bertz CT molecular complexity index is 1060. The molecule has 0 bridgehead atoms. The molecule has 178 valence electrons. The van der Waals surface area contributed by atoms with E-state index in [-0.39, 0.29) is 11.6 Å². The van der Waals surface area contributed by atoms with Crippen LogP contribution < -0.4 is 0 Å². The van der Waals surface area contributed by atoms with E-state index in [4.69, 9.17) is 4.74 Å². The zero-order chi connectivity index (χ0) is 24.8. The lowest BCUT2D eigenvalue weighted by atomic mass is 10.0. The molecule has 2 aliphatic rings. The van der Waals surface area contributed by atoms with E-state index in [0.717, 1.165) is 11.1 Å². The van der Waals surface area contributed by atoms with Gasteiger partial charge in [0.15, 0.2) is 0 Å². The third-order valence-electron chi connectivity index (χ3n) is 5.16. The maximum Gasteiger partial charge on any atom is 0.416 e. The van der Waals surface area contributed by atoms with Crippen LogP contribution in [-0.4, -0.2) is 22.6 Å². The molecule has 1 unspecified atom stereocenters. The van der Waals surface area contributed by atoms with Crippen LogP contribution in [-0.2, 0) is 23.6 Å². The standard InChI is InChI=1S/C24H23F6NO2/c1-14-5-7-19-16(9-14)6-8-20(19)31(21(32)33-22(2,3)4)13-15-10-17(23(25,26)27)12-18(11-15)24(28,29)30/h9-12,20H,6,8,13H2,1-4H3. The number of carbonyl (C=O) groups excluding carboxylic acids is 1. The van der Waals surface area contributed by atoms with Crippen LogP contribution in [0.3, 0.4) is 0 Å². The van der Waals surface area contributed by atoms with Gasteiger partial charge in [0.2, 0.25) is 0 Å². The molecule has 0 aromatic heterocycles. The van der Waals surface area contributed by atoms with E-state index in [0.29, 0.717) is 30.5 Å². The normalized spacial score (nSPS) is 18.4. The number of alkyl halides is 6. The van der Waals surface area contributed by atoms with Crippen LogP contribution in [0.4, 0.5) is 31.1 Å². The highest BCUT2D eigenvalue weighted by Crippen LogP contribution is 2.39. The summed E-state index contributed by atoms with van der Waals surface area (Å²) in [5.41, 5.74) is 4.22. The maximum atomic E-state index is 13.3. The predicted molar refractivity (Wildman–Crippen MR) is 109 cm³/mol. The average molecular weight is 471 g/mol. The molecule has 0 heterocycles. The summed E-state index contributed by atoms with van der Waals surface area (Å²) < 4.78 is 85.3. The van der Waals surface area contributed by atoms with E-state index in [1.54, 1.807) is 20.8 Å². The number of rotatable bonds is 3. The van der Waals surface area contributed by atoms with E-state index in [1.807, 2.05) is 13.0 Å². The van der Waals surface area contributed by atoms with E-state index in [2.05, 4.69) is 11.5 Å². The molecule has 1 aromatic rings. The smallest absolute Gasteiger partial charge is 0.416 e. The van der Waals surface area contributed by atoms with Gasteiger partial charge in [0, 0.05) is 12.1 Å². The number of halogens is 6. The first-order chi connectivity index (χ1) is 15.0. The summed E-state index contributed by atoms with van der Waals surface area (Å²) in [5, 5.41) is 0. The van der Waals surface area contributed by atoms with Crippen LogP contribution in [0.5, 0.6) is 0 Å². The Labute approximate surface area is 187 Å². The molecule has 33 heavy (non-hydrogen) atoms. The highest BCUT2D eigenvalue weighted by Gasteiger charge is 2.39. The van der Waals surface area contributed by atoms with E-state index in [1.165, 1.54) is 4.90 Å². The highest BCUT2D eigenvalue weighted by atomic mass is 19.4. The van der Waals surface area contributed by atoms with Gasteiger partial charge in [-0.15, -0.1) is 0 Å². The molecule has 3 rings (SSSR count). The molecule has 1 aromatic carbocycles. The number of amides is 1. The Morgan fingerprint density at radius 1 is 1.03 bits per heavy atom. The van der Waals surface area contributed by atoms with Gasteiger partial charge in [-0.1, -0.05) is 11.5 Å². The molecular weight excluding hydrogens is 448 g/mol. The quantitative estimate of drug-likeness (QED) is 0.345. The molecule has 9 heteroatoms. The minimum Gasteiger partial charge on any atom is -0.444 e. The van der Waals surface area contributed by atoms with Crippen molar-refractivity contribution in [3.8, 4) is 0 Å². The summed E-state index contributed by atoms with van der Waals surface area (Å²) >= 11 is 0. The summed E-state index contributed by atoms with van der Waals surface area (Å²) in [4.78, 5) is 14.2. The van der Waals surface area contributed by atoms with Crippen molar-refractivity contribution in [2.24, 2.45) is 0 Å². The predicted octanol–water partition coefficient (Wildman–Crippen LogP) is 7.19. The molecule has 0 spiro atoms. The first-order valence-corrected chi connectivity index (χ1v) is 10.3. The van der Waals surface area contributed by atoms with Gasteiger partial charge < -0.3 is 4.74 Å².